The summed E-state index contributed by atoms with van der Waals surface area (Å²) in [5.41, 5.74) is 0.288. The summed E-state index contributed by atoms with van der Waals surface area (Å²) in [6, 6.07) is -0.112. The predicted octanol–water partition coefficient (Wildman–Crippen LogP) is 1.46. The van der Waals surface area contributed by atoms with Gasteiger partial charge in [-0.1, -0.05) is 25.7 Å². The number of aliphatic hydroxyl groups is 2. The van der Waals surface area contributed by atoms with Crippen LogP contribution in [0.25, 0.3) is 0 Å². The van der Waals surface area contributed by atoms with Gasteiger partial charge in [0, 0.05) is 12.1 Å². The van der Waals surface area contributed by atoms with Crippen LogP contribution >= 0.6 is 0 Å². The average molecular weight is 284 g/mol. The van der Waals surface area contributed by atoms with E-state index in [4.69, 9.17) is 0 Å². The van der Waals surface area contributed by atoms with Crippen LogP contribution in [0.2, 0.25) is 0 Å². The summed E-state index contributed by atoms with van der Waals surface area (Å²) in [5, 5.41) is 18.8. The summed E-state index contributed by atoms with van der Waals surface area (Å²) in [7, 11) is 2.05. The van der Waals surface area contributed by atoms with Crippen LogP contribution in [0.4, 0.5) is 0 Å². The van der Waals surface area contributed by atoms with Crippen molar-refractivity contribution >= 4 is 0 Å². The molecule has 2 N–H and O–H groups in total. The third-order valence-corrected chi connectivity index (χ3v) is 5.40. The van der Waals surface area contributed by atoms with Crippen molar-refractivity contribution in [3.8, 4) is 0 Å². The highest BCUT2D eigenvalue weighted by molar-refractivity contribution is 4.97. The van der Waals surface area contributed by atoms with Crippen molar-refractivity contribution < 1.29 is 10.2 Å². The fourth-order valence-electron chi connectivity index (χ4n) is 4.08. The summed E-state index contributed by atoms with van der Waals surface area (Å²) in [6.45, 7) is 3.54. The van der Waals surface area contributed by atoms with Crippen molar-refractivity contribution in [2.75, 3.05) is 39.9 Å². The molecule has 0 aromatic rings. The van der Waals surface area contributed by atoms with Crippen molar-refractivity contribution in [2.45, 2.75) is 62.9 Å². The van der Waals surface area contributed by atoms with Crippen LogP contribution in [0, 0.1) is 0 Å². The Kier molecular flexibility index (Phi) is 6.27. The molecule has 0 aromatic carbocycles. The van der Waals surface area contributed by atoms with Gasteiger partial charge in [-0.3, -0.25) is 9.80 Å². The molecule has 1 saturated carbocycles. The molecule has 118 valence electrons. The van der Waals surface area contributed by atoms with E-state index in [1.54, 1.807) is 0 Å². The minimum Gasteiger partial charge on any atom is -0.395 e. The number of rotatable bonds is 6. The van der Waals surface area contributed by atoms with E-state index in [1.165, 1.54) is 64.5 Å². The molecular weight excluding hydrogens is 252 g/mol. The van der Waals surface area contributed by atoms with Crippen LogP contribution in [0.1, 0.15) is 51.4 Å². The Balaban J connectivity index is 2.05. The lowest BCUT2D eigenvalue weighted by Gasteiger charge is -2.50. The van der Waals surface area contributed by atoms with Gasteiger partial charge in [0.2, 0.25) is 0 Å². The Bertz CT molecular complexity index is 270. The largest absolute Gasteiger partial charge is 0.395 e. The molecule has 1 aliphatic heterocycles. The van der Waals surface area contributed by atoms with E-state index in [-0.39, 0.29) is 24.8 Å². The molecule has 0 atom stereocenters. The van der Waals surface area contributed by atoms with Crippen LogP contribution < -0.4 is 0 Å². The van der Waals surface area contributed by atoms with Gasteiger partial charge in [0.25, 0.3) is 0 Å². The molecule has 4 nitrogen and oxygen atoms in total. The van der Waals surface area contributed by atoms with E-state index in [2.05, 4.69) is 16.8 Å². The average Bonchev–Trinajstić information content (AvgIpc) is 2.50. The number of likely N-dealkylation sites (N-methyl/N-ethyl adjacent to an activating group) is 1. The number of aliphatic hydroxyl groups excluding tert-OH is 2. The van der Waals surface area contributed by atoms with Crippen molar-refractivity contribution in [3.05, 3.63) is 0 Å². The molecule has 1 heterocycles. The van der Waals surface area contributed by atoms with Crippen LogP contribution in [-0.4, -0.2) is 71.5 Å². The quantitative estimate of drug-likeness (QED) is 0.775. The summed E-state index contributed by atoms with van der Waals surface area (Å²) in [6.07, 6.45) is 10.6. The summed E-state index contributed by atoms with van der Waals surface area (Å²) in [4.78, 5) is 4.90. The van der Waals surface area contributed by atoms with Crippen LogP contribution in [0.5, 0.6) is 0 Å². The number of nitrogens with zero attached hydrogens (tertiary/aromatic N) is 2. The van der Waals surface area contributed by atoms with E-state index in [9.17, 15) is 10.2 Å². The van der Waals surface area contributed by atoms with Gasteiger partial charge >= 0.3 is 0 Å². The van der Waals surface area contributed by atoms with E-state index in [0.717, 1.165) is 6.54 Å². The Morgan fingerprint density at radius 3 is 2.05 bits per heavy atom. The van der Waals surface area contributed by atoms with E-state index >= 15 is 0 Å². The minimum atomic E-state index is -0.112. The Morgan fingerprint density at radius 1 is 0.950 bits per heavy atom. The number of piperidine rings is 1. The van der Waals surface area contributed by atoms with Crippen LogP contribution in [-0.2, 0) is 0 Å². The highest BCUT2D eigenvalue weighted by Gasteiger charge is 2.39. The second-order valence-corrected chi connectivity index (χ2v) is 6.77. The molecule has 0 unspecified atom stereocenters. The lowest BCUT2D eigenvalue weighted by Crippen LogP contribution is -2.59. The first kappa shape index (κ1) is 16.2. The molecule has 0 spiro atoms. The van der Waals surface area contributed by atoms with Gasteiger partial charge in [0.05, 0.1) is 19.3 Å². The first-order chi connectivity index (χ1) is 9.72. The predicted molar refractivity (Wildman–Crippen MR) is 81.8 cm³/mol. The van der Waals surface area contributed by atoms with Gasteiger partial charge in [-0.2, -0.15) is 0 Å². The zero-order chi connectivity index (χ0) is 14.4. The smallest absolute Gasteiger partial charge is 0.0609 e. The van der Waals surface area contributed by atoms with Crippen LogP contribution in [0.3, 0.4) is 0 Å². The SMILES string of the molecule is CN(CC1(N2CCCCC2)CCCCC1)C(CO)CO. The van der Waals surface area contributed by atoms with Gasteiger partial charge in [-0.25, -0.2) is 0 Å². The molecule has 1 aliphatic carbocycles. The van der Waals surface area contributed by atoms with Gasteiger partial charge in [0.15, 0.2) is 0 Å². The van der Waals surface area contributed by atoms with Crippen molar-refractivity contribution in [2.24, 2.45) is 0 Å². The minimum absolute atomic E-state index is 0.0447. The molecule has 0 amide bonds. The zero-order valence-electron chi connectivity index (χ0n) is 13.1. The van der Waals surface area contributed by atoms with Crippen molar-refractivity contribution in [3.63, 3.8) is 0 Å². The van der Waals surface area contributed by atoms with Crippen molar-refractivity contribution in [1.29, 1.82) is 0 Å². The Labute approximate surface area is 123 Å². The Morgan fingerprint density at radius 2 is 1.50 bits per heavy atom. The van der Waals surface area contributed by atoms with E-state index in [1.807, 2.05) is 0 Å². The fourth-order valence-corrected chi connectivity index (χ4v) is 4.08. The van der Waals surface area contributed by atoms with Gasteiger partial charge < -0.3 is 10.2 Å². The standard InChI is InChI=1S/C16H32N2O2/c1-17(15(12-19)13-20)14-16(8-4-2-5-9-16)18-10-6-3-7-11-18/h15,19-20H,2-14H2,1H3. The molecular formula is C16H32N2O2. The normalized spacial score (nSPS) is 24.4. The summed E-state index contributed by atoms with van der Waals surface area (Å²) in [5.74, 6) is 0. The Hall–Kier alpha value is -0.160. The lowest BCUT2D eigenvalue weighted by molar-refractivity contribution is -0.0133. The molecule has 0 bridgehead atoms. The first-order valence-corrected chi connectivity index (χ1v) is 8.39. The molecule has 2 aliphatic rings. The monoisotopic (exact) mass is 284 g/mol. The van der Waals surface area contributed by atoms with Gasteiger partial charge in [0.1, 0.15) is 0 Å². The molecule has 0 aromatic heterocycles. The molecule has 0 radical (unpaired) electrons. The lowest BCUT2D eigenvalue weighted by atomic mass is 9.78. The van der Waals surface area contributed by atoms with E-state index < -0.39 is 0 Å². The second kappa shape index (κ2) is 7.74. The highest BCUT2D eigenvalue weighted by Crippen LogP contribution is 2.36. The van der Waals surface area contributed by atoms with Crippen molar-refractivity contribution in [1.82, 2.24) is 9.80 Å². The first-order valence-electron chi connectivity index (χ1n) is 8.39. The number of likely N-dealkylation sites (tertiary alicyclic amines) is 1. The number of hydrogen-bond donors (Lipinski definition) is 2. The molecule has 4 heteroatoms. The maximum Gasteiger partial charge on any atom is 0.0609 e. The topological polar surface area (TPSA) is 46.9 Å². The molecule has 20 heavy (non-hydrogen) atoms. The number of hydrogen-bond acceptors (Lipinski definition) is 4. The maximum absolute atomic E-state index is 9.40. The fraction of sp³-hybridized carbons (Fsp3) is 1.00. The molecule has 2 fully saturated rings. The second-order valence-electron chi connectivity index (χ2n) is 6.77. The highest BCUT2D eigenvalue weighted by atomic mass is 16.3. The summed E-state index contributed by atoms with van der Waals surface area (Å²) < 4.78 is 0. The third-order valence-electron chi connectivity index (χ3n) is 5.40. The molecule has 2 rings (SSSR count). The zero-order valence-corrected chi connectivity index (χ0v) is 13.1. The maximum atomic E-state index is 9.40. The van der Waals surface area contributed by atoms with Crippen LogP contribution in [0.15, 0.2) is 0 Å². The van der Waals surface area contributed by atoms with E-state index in [0.29, 0.717) is 0 Å². The molecule has 1 saturated heterocycles. The summed E-state index contributed by atoms with van der Waals surface area (Å²) >= 11 is 0. The third kappa shape index (κ3) is 3.73. The van der Waals surface area contributed by atoms with Gasteiger partial charge in [-0.15, -0.1) is 0 Å². The van der Waals surface area contributed by atoms with Gasteiger partial charge in [-0.05, 0) is 45.8 Å².